The van der Waals surface area contributed by atoms with E-state index in [2.05, 4.69) is 34.7 Å². The molecular formula is C14H19BrN2O2S. The summed E-state index contributed by atoms with van der Waals surface area (Å²) in [6.07, 6.45) is 0. The summed E-state index contributed by atoms with van der Waals surface area (Å²) in [5.74, 6) is 0.759. The molecule has 0 N–H and O–H groups in total. The van der Waals surface area contributed by atoms with Crippen LogP contribution >= 0.6 is 27.5 Å². The molecule has 0 aliphatic rings. The molecule has 2 aromatic rings. The highest BCUT2D eigenvalue weighted by Gasteiger charge is 2.12. The molecule has 110 valence electrons. The summed E-state index contributed by atoms with van der Waals surface area (Å²) in [5.41, 5.74) is 0.0838. The fourth-order valence-corrected chi connectivity index (χ4v) is 3.65. The summed E-state index contributed by atoms with van der Waals surface area (Å²) in [4.78, 5) is 14.7. The van der Waals surface area contributed by atoms with Gasteiger partial charge in [-0.1, -0.05) is 25.4 Å². The lowest BCUT2D eigenvalue weighted by Crippen LogP contribution is -2.28. The maximum Gasteiger partial charge on any atom is 0.268 e. The van der Waals surface area contributed by atoms with Crippen molar-refractivity contribution in [1.29, 1.82) is 0 Å². The van der Waals surface area contributed by atoms with Gasteiger partial charge < -0.3 is 9.64 Å². The Morgan fingerprint density at radius 2 is 2.05 bits per heavy atom. The summed E-state index contributed by atoms with van der Waals surface area (Å²) in [5, 5.41) is 0.752. The number of fused-ring (bicyclic) bond motifs is 1. The molecule has 6 heteroatoms. The van der Waals surface area contributed by atoms with E-state index in [1.165, 1.54) is 11.5 Å². The van der Waals surface area contributed by atoms with Gasteiger partial charge in [0, 0.05) is 19.2 Å². The first-order valence-corrected chi connectivity index (χ1v) is 8.27. The Bertz CT molecular complexity index is 646. The fourth-order valence-electron chi connectivity index (χ4n) is 2.15. The Kier molecular flexibility index (Phi) is 5.23. The van der Waals surface area contributed by atoms with Crippen molar-refractivity contribution in [3.63, 3.8) is 0 Å². The number of benzene rings is 1. The molecule has 0 saturated heterocycles. The Morgan fingerprint density at radius 3 is 2.65 bits per heavy atom. The second-order valence-electron chi connectivity index (χ2n) is 4.51. The van der Waals surface area contributed by atoms with Crippen molar-refractivity contribution in [3.8, 4) is 5.75 Å². The van der Waals surface area contributed by atoms with E-state index in [4.69, 9.17) is 4.74 Å². The third-order valence-corrected chi connectivity index (χ3v) is 5.16. The lowest BCUT2D eigenvalue weighted by atomic mass is 10.2. The van der Waals surface area contributed by atoms with Gasteiger partial charge in [-0.3, -0.25) is 8.75 Å². The van der Waals surface area contributed by atoms with E-state index in [1.54, 1.807) is 7.11 Å². The largest absolute Gasteiger partial charge is 0.496 e. The zero-order valence-corrected chi connectivity index (χ0v) is 14.4. The van der Waals surface area contributed by atoms with Crippen LogP contribution in [-0.4, -0.2) is 35.6 Å². The number of nitrogens with zero attached hydrogens (tertiary/aromatic N) is 2. The van der Waals surface area contributed by atoms with Crippen LogP contribution in [0.5, 0.6) is 5.75 Å². The maximum absolute atomic E-state index is 12.4. The Morgan fingerprint density at radius 1 is 1.35 bits per heavy atom. The number of hydrogen-bond donors (Lipinski definition) is 0. The molecule has 0 spiro atoms. The van der Waals surface area contributed by atoms with Gasteiger partial charge in [0.05, 0.1) is 21.7 Å². The van der Waals surface area contributed by atoms with Gasteiger partial charge in [-0.15, -0.1) is 0 Å². The molecule has 0 aliphatic carbocycles. The molecule has 0 fully saturated rings. The molecule has 0 saturated carbocycles. The first-order chi connectivity index (χ1) is 9.60. The number of aromatic nitrogens is 1. The number of rotatable bonds is 6. The third kappa shape index (κ3) is 3.07. The molecule has 0 unspecified atom stereocenters. The van der Waals surface area contributed by atoms with Crippen molar-refractivity contribution in [3.05, 3.63) is 27.0 Å². The smallest absolute Gasteiger partial charge is 0.268 e. The minimum Gasteiger partial charge on any atom is -0.496 e. The first kappa shape index (κ1) is 15.5. The fraction of sp³-hybridized carbons (Fsp3) is 0.500. The minimum atomic E-state index is 0.0838. The van der Waals surface area contributed by atoms with Gasteiger partial charge in [0.25, 0.3) is 5.56 Å². The Hall–Kier alpha value is -0.850. The molecule has 2 rings (SSSR count). The van der Waals surface area contributed by atoms with Crippen molar-refractivity contribution < 1.29 is 4.74 Å². The molecule has 0 aliphatic heterocycles. The molecule has 1 heterocycles. The molecule has 0 atom stereocenters. The van der Waals surface area contributed by atoms with Gasteiger partial charge in [0.15, 0.2) is 0 Å². The van der Waals surface area contributed by atoms with Gasteiger partial charge in [-0.25, -0.2) is 0 Å². The molecule has 4 nitrogen and oxygen atoms in total. The average molecular weight is 359 g/mol. The van der Waals surface area contributed by atoms with Gasteiger partial charge >= 0.3 is 0 Å². The van der Waals surface area contributed by atoms with E-state index >= 15 is 0 Å². The number of ether oxygens (including phenoxy) is 1. The van der Waals surface area contributed by atoms with E-state index in [0.29, 0.717) is 0 Å². The van der Waals surface area contributed by atoms with E-state index in [-0.39, 0.29) is 5.56 Å². The van der Waals surface area contributed by atoms with Gasteiger partial charge in [0.2, 0.25) is 0 Å². The number of methoxy groups -OCH3 is 1. The van der Waals surface area contributed by atoms with Crippen LogP contribution in [0, 0.1) is 0 Å². The average Bonchev–Trinajstić information content (AvgIpc) is 2.75. The summed E-state index contributed by atoms with van der Waals surface area (Å²) in [6, 6.07) is 3.76. The highest BCUT2D eigenvalue weighted by atomic mass is 79.9. The third-order valence-electron chi connectivity index (χ3n) is 3.43. The lowest BCUT2D eigenvalue weighted by molar-refractivity contribution is 0.293. The number of hydrogen-bond acceptors (Lipinski definition) is 4. The van der Waals surface area contributed by atoms with Gasteiger partial charge in [0.1, 0.15) is 5.75 Å². The monoisotopic (exact) mass is 358 g/mol. The summed E-state index contributed by atoms with van der Waals surface area (Å²) >= 11 is 4.93. The molecule has 20 heavy (non-hydrogen) atoms. The number of likely N-dealkylation sites (N-methyl/N-ethyl adjacent to an activating group) is 1. The van der Waals surface area contributed by atoms with Crippen LogP contribution < -0.4 is 10.3 Å². The minimum absolute atomic E-state index is 0.0838. The van der Waals surface area contributed by atoms with Crippen molar-refractivity contribution in [2.24, 2.45) is 0 Å². The molecule has 0 radical (unpaired) electrons. The van der Waals surface area contributed by atoms with Crippen molar-refractivity contribution in [2.75, 3.05) is 26.7 Å². The van der Waals surface area contributed by atoms with Crippen LogP contribution in [0.4, 0.5) is 0 Å². The van der Waals surface area contributed by atoms with E-state index in [9.17, 15) is 4.79 Å². The predicted molar refractivity (Wildman–Crippen MR) is 88.1 cm³/mol. The highest BCUT2D eigenvalue weighted by Crippen LogP contribution is 2.31. The van der Waals surface area contributed by atoms with Crippen LogP contribution in [0.3, 0.4) is 0 Å². The molecule has 0 bridgehead atoms. The van der Waals surface area contributed by atoms with Crippen molar-refractivity contribution in [1.82, 2.24) is 8.86 Å². The number of halogens is 1. The highest BCUT2D eigenvalue weighted by molar-refractivity contribution is 9.10. The van der Waals surface area contributed by atoms with Crippen LogP contribution in [0.2, 0.25) is 0 Å². The zero-order chi connectivity index (χ0) is 14.7. The molecule has 1 aromatic heterocycles. The quantitative estimate of drug-likeness (QED) is 0.795. The second kappa shape index (κ2) is 6.74. The van der Waals surface area contributed by atoms with Crippen LogP contribution in [-0.2, 0) is 6.54 Å². The van der Waals surface area contributed by atoms with Crippen molar-refractivity contribution in [2.45, 2.75) is 20.4 Å². The van der Waals surface area contributed by atoms with Crippen LogP contribution in [0.25, 0.3) is 10.1 Å². The van der Waals surface area contributed by atoms with E-state index < -0.39 is 0 Å². The lowest BCUT2D eigenvalue weighted by Gasteiger charge is -2.17. The Labute approximate surface area is 131 Å². The van der Waals surface area contributed by atoms with Crippen molar-refractivity contribution >= 4 is 37.5 Å². The first-order valence-electron chi connectivity index (χ1n) is 6.70. The maximum atomic E-state index is 12.4. The zero-order valence-electron chi connectivity index (χ0n) is 12.0. The van der Waals surface area contributed by atoms with Gasteiger partial charge in [-0.05, 0) is 35.1 Å². The molecule has 0 amide bonds. The Balaban J connectivity index is 2.31. The molecular weight excluding hydrogens is 340 g/mol. The summed E-state index contributed by atoms with van der Waals surface area (Å²) in [6.45, 7) is 7.93. The molecule has 1 aromatic carbocycles. The second-order valence-corrected chi connectivity index (χ2v) is 6.43. The SMILES string of the molecule is CCN(CC)CCn1sc2cc(OC)c(Br)cc2c1=O. The van der Waals surface area contributed by atoms with Gasteiger partial charge in [-0.2, -0.15) is 0 Å². The van der Waals surface area contributed by atoms with Crippen LogP contribution in [0.15, 0.2) is 21.4 Å². The standard InChI is InChI=1S/C14H19BrN2O2S/c1-4-16(5-2)6-7-17-14(18)10-8-11(15)12(19-3)9-13(10)20-17/h8-9H,4-7H2,1-3H3. The predicted octanol–water partition coefficient (Wildman–Crippen LogP) is 3.18. The van der Waals surface area contributed by atoms with E-state index in [1.807, 2.05) is 16.1 Å². The van der Waals surface area contributed by atoms with Crippen LogP contribution in [0.1, 0.15) is 13.8 Å². The normalized spacial score (nSPS) is 11.4. The summed E-state index contributed by atoms with van der Waals surface area (Å²) in [7, 11) is 1.63. The van der Waals surface area contributed by atoms with E-state index in [0.717, 1.165) is 46.5 Å². The summed E-state index contributed by atoms with van der Waals surface area (Å²) < 4.78 is 8.89. The topological polar surface area (TPSA) is 34.5 Å².